The summed E-state index contributed by atoms with van der Waals surface area (Å²) in [5, 5.41) is 3.10. The lowest BCUT2D eigenvalue weighted by Crippen LogP contribution is -2.38. The molecule has 2 atom stereocenters. The molecule has 0 radical (unpaired) electrons. The molecule has 0 spiro atoms. The number of hydrogen-bond acceptors (Lipinski definition) is 2. The molecule has 0 saturated heterocycles. The summed E-state index contributed by atoms with van der Waals surface area (Å²) in [6, 6.07) is 26.6. The van der Waals surface area contributed by atoms with Crippen LogP contribution in [0.1, 0.15) is 15.9 Å². The van der Waals surface area contributed by atoms with Gasteiger partial charge in [-0.15, -0.1) is 0 Å². The number of carbonyl (C=O) groups is 1. The molecule has 0 heterocycles. The SMILES string of the molecule is O=C(NC(Cc1ccccc1)P(=O)(O)c1ccccc1)c1ccccc1. The van der Waals surface area contributed by atoms with Crippen LogP contribution in [0.15, 0.2) is 91.0 Å². The molecule has 0 fully saturated rings. The Bertz CT molecular complexity index is 898. The first-order valence-electron chi connectivity index (χ1n) is 8.35. The van der Waals surface area contributed by atoms with Crippen molar-refractivity contribution in [1.82, 2.24) is 5.32 Å². The van der Waals surface area contributed by atoms with Gasteiger partial charge in [0, 0.05) is 17.3 Å². The normalized spacial score (nSPS) is 14.2. The van der Waals surface area contributed by atoms with E-state index in [1.165, 1.54) is 0 Å². The van der Waals surface area contributed by atoms with Crippen LogP contribution in [-0.4, -0.2) is 16.6 Å². The summed E-state index contributed by atoms with van der Waals surface area (Å²) in [7, 11) is -3.83. The van der Waals surface area contributed by atoms with Crippen molar-refractivity contribution in [3.63, 3.8) is 0 Å². The second kappa shape index (κ2) is 8.13. The van der Waals surface area contributed by atoms with E-state index in [-0.39, 0.29) is 12.3 Å². The maximum Gasteiger partial charge on any atom is 0.251 e. The Balaban J connectivity index is 1.91. The van der Waals surface area contributed by atoms with E-state index in [9.17, 15) is 14.3 Å². The molecule has 2 N–H and O–H groups in total. The van der Waals surface area contributed by atoms with Crippen molar-refractivity contribution in [2.24, 2.45) is 0 Å². The fourth-order valence-corrected chi connectivity index (χ4v) is 4.46. The van der Waals surface area contributed by atoms with Crippen molar-refractivity contribution in [2.45, 2.75) is 12.2 Å². The highest BCUT2D eigenvalue weighted by atomic mass is 31.2. The predicted octanol–water partition coefficient (Wildman–Crippen LogP) is 3.58. The van der Waals surface area contributed by atoms with Crippen molar-refractivity contribution in [3.05, 3.63) is 102 Å². The fourth-order valence-electron chi connectivity index (χ4n) is 2.75. The summed E-state index contributed by atoms with van der Waals surface area (Å²) in [6.45, 7) is 0. The molecule has 132 valence electrons. The quantitative estimate of drug-likeness (QED) is 0.656. The number of rotatable bonds is 6. The highest BCUT2D eigenvalue weighted by molar-refractivity contribution is 7.66. The number of hydrogen-bond donors (Lipinski definition) is 2. The summed E-state index contributed by atoms with van der Waals surface area (Å²) in [5.41, 5.74) is 1.34. The molecule has 0 saturated carbocycles. The molecule has 0 bridgehead atoms. The van der Waals surface area contributed by atoms with Crippen LogP contribution < -0.4 is 10.6 Å². The van der Waals surface area contributed by atoms with Gasteiger partial charge in [0.05, 0.1) is 0 Å². The third kappa shape index (κ3) is 4.29. The summed E-state index contributed by atoms with van der Waals surface area (Å²) < 4.78 is 13.2. The Morgan fingerprint density at radius 2 is 1.35 bits per heavy atom. The number of nitrogens with one attached hydrogen (secondary N) is 1. The summed E-state index contributed by atoms with van der Waals surface area (Å²) in [5.74, 6) is -1.28. The van der Waals surface area contributed by atoms with Gasteiger partial charge in [-0.1, -0.05) is 66.7 Å². The molecule has 3 aromatic carbocycles. The lowest BCUT2D eigenvalue weighted by atomic mass is 10.1. The highest BCUT2D eigenvalue weighted by Crippen LogP contribution is 2.45. The molecule has 4 nitrogen and oxygen atoms in total. The van der Waals surface area contributed by atoms with Gasteiger partial charge in [0.15, 0.2) is 0 Å². The molecule has 26 heavy (non-hydrogen) atoms. The van der Waals surface area contributed by atoms with E-state index in [1.807, 2.05) is 36.4 Å². The van der Waals surface area contributed by atoms with Gasteiger partial charge in [-0.3, -0.25) is 9.36 Å². The average Bonchev–Trinajstić information content (AvgIpc) is 2.69. The van der Waals surface area contributed by atoms with E-state index in [1.54, 1.807) is 54.6 Å². The van der Waals surface area contributed by atoms with Crippen molar-refractivity contribution in [2.75, 3.05) is 0 Å². The van der Waals surface area contributed by atoms with Gasteiger partial charge in [-0.05, 0) is 29.8 Å². The van der Waals surface area contributed by atoms with Crippen molar-refractivity contribution in [1.29, 1.82) is 0 Å². The minimum Gasteiger partial charge on any atom is -0.340 e. The second-order valence-corrected chi connectivity index (χ2v) is 8.39. The molecule has 0 aliphatic carbocycles. The van der Waals surface area contributed by atoms with Gasteiger partial charge in [-0.2, -0.15) is 0 Å². The largest absolute Gasteiger partial charge is 0.340 e. The van der Waals surface area contributed by atoms with E-state index in [4.69, 9.17) is 0 Å². The van der Waals surface area contributed by atoms with Crippen LogP contribution in [0.3, 0.4) is 0 Å². The molecule has 2 unspecified atom stereocenters. The van der Waals surface area contributed by atoms with E-state index in [2.05, 4.69) is 5.32 Å². The van der Waals surface area contributed by atoms with E-state index in [0.717, 1.165) is 5.56 Å². The average molecular weight is 365 g/mol. The summed E-state index contributed by atoms with van der Waals surface area (Å²) in [4.78, 5) is 23.4. The second-order valence-electron chi connectivity index (χ2n) is 6.00. The van der Waals surface area contributed by atoms with Crippen LogP contribution in [0.4, 0.5) is 0 Å². The summed E-state index contributed by atoms with van der Waals surface area (Å²) >= 11 is 0. The molecular formula is C21H20NO3P. The Kier molecular flexibility index (Phi) is 5.67. The standard InChI is InChI=1S/C21H20NO3P/c23-21(18-12-6-2-7-13-18)22-20(16-17-10-4-1-5-11-17)26(24,25)19-14-8-3-9-15-19/h1-15,20H,16H2,(H,22,23)(H,24,25). The molecule has 3 rings (SSSR count). The van der Waals surface area contributed by atoms with Gasteiger partial charge in [0.25, 0.3) is 13.3 Å². The minimum atomic E-state index is -3.83. The lowest BCUT2D eigenvalue weighted by molar-refractivity contribution is 0.0946. The van der Waals surface area contributed by atoms with Crippen molar-refractivity contribution < 1.29 is 14.3 Å². The zero-order chi connectivity index (χ0) is 18.4. The third-order valence-electron chi connectivity index (χ3n) is 4.15. The molecule has 5 heteroatoms. The fraction of sp³-hybridized carbons (Fsp3) is 0.0952. The number of amides is 1. The first-order chi connectivity index (χ1) is 12.6. The lowest BCUT2D eigenvalue weighted by Gasteiger charge is -2.25. The number of benzene rings is 3. The van der Waals surface area contributed by atoms with Gasteiger partial charge in [-0.25, -0.2) is 0 Å². The van der Waals surface area contributed by atoms with Crippen LogP contribution in [0.5, 0.6) is 0 Å². The van der Waals surface area contributed by atoms with Crippen LogP contribution in [0.25, 0.3) is 0 Å². The zero-order valence-electron chi connectivity index (χ0n) is 14.2. The molecule has 3 aromatic rings. The number of carbonyl (C=O) groups excluding carboxylic acids is 1. The molecule has 0 aliphatic heterocycles. The molecule has 0 aliphatic rings. The first kappa shape index (κ1) is 18.1. The smallest absolute Gasteiger partial charge is 0.251 e. The van der Waals surface area contributed by atoms with Gasteiger partial charge in [0.2, 0.25) is 0 Å². The van der Waals surface area contributed by atoms with Crippen molar-refractivity contribution >= 4 is 18.6 Å². The van der Waals surface area contributed by atoms with E-state index in [0.29, 0.717) is 10.9 Å². The van der Waals surface area contributed by atoms with Crippen LogP contribution in [0, 0.1) is 0 Å². The Morgan fingerprint density at radius 1 is 0.846 bits per heavy atom. The third-order valence-corrected chi connectivity index (χ3v) is 6.35. The van der Waals surface area contributed by atoms with E-state index < -0.39 is 13.2 Å². The zero-order valence-corrected chi connectivity index (χ0v) is 15.1. The topological polar surface area (TPSA) is 66.4 Å². The maximum absolute atomic E-state index is 13.2. The van der Waals surface area contributed by atoms with Gasteiger partial charge >= 0.3 is 0 Å². The maximum atomic E-state index is 13.2. The van der Waals surface area contributed by atoms with Crippen LogP contribution >= 0.6 is 7.37 Å². The van der Waals surface area contributed by atoms with Crippen LogP contribution in [-0.2, 0) is 11.0 Å². The van der Waals surface area contributed by atoms with Gasteiger partial charge < -0.3 is 10.2 Å². The Hall–Kier alpha value is -2.68. The first-order valence-corrected chi connectivity index (χ1v) is 10.1. The minimum absolute atomic E-state index is 0.266. The highest BCUT2D eigenvalue weighted by Gasteiger charge is 2.34. The summed E-state index contributed by atoms with van der Waals surface area (Å²) in [6.07, 6.45) is 0.266. The van der Waals surface area contributed by atoms with E-state index >= 15 is 0 Å². The Labute approximate surface area is 153 Å². The molecular weight excluding hydrogens is 345 g/mol. The Morgan fingerprint density at radius 3 is 1.92 bits per heavy atom. The molecule has 1 amide bonds. The van der Waals surface area contributed by atoms with Crippen molar-refractivity contribution in [3.8, 4) is 0 Å². The van der Waals surface area contributed by atoms with Crippen LogP contribution in [0.2, 0.25) is 0 Å². The predicted molar refractivity (Wildman–Crippen MR) is 104 cm³/mol. The van der Waals surface area contributed by atoms with Gasteiger partial charge in [0.1, 0.15) is 5.78 Å². The monoisotopic (exact) mass is 365 g/mol. The molecule has 0 aromatic heterocycles.